The number of hydrogen-bond acceptors (Lipinski definition) is 3. The Morgan fingerprint density at radius 2 is 2.12 bits per heavy atom. The molecule has 0 radical (unpaired) electrons. The first kappa shape index (κ1) is 14.6. The van der Waals surface area contributed by atoms with Crippen molar-refractivity contribution in [3.05, 3.63) is 21.9 Å². The van der Waals surface area contributed by atoms with Crippen molar-refractivity contribution >= 4 is 26.7 Å². The first-order valence-electron chi connectivity index (χ1n) is 6.01. The minimum Gasteiger partial charge on any atom is -0.417 e. The van der Waals surface area contributed by atoms with Gasteiger partial charge in [0.1, 0.15) is 0 Å². The normalized spacial score (nSPS) is 14.0. The van der Waals surface area contributed by atoms with Gasteiger partial charge in [0.05, 0.1) is 11.0 Å². The summed E-state index contributed by atoms with van der Waals surface area (Å²) >= 11 is 1.51. The molecule has 96 valence electrons. The van der Waals surface area contributed by atoms with Gasteiger partial charge in [0, 0.05) is 0 Å². The van der Waals surface area contributed by atoms with E-state index in [4.69, 9.17) is 4.43 Å². The highest BCUT2D eigenvalue weighted by Gasteiger charge is 2.26. The summed E-state index contributed by atoms with van der Waals surface area (Å²) in [5.74, 6) is 0. The fourth-order valence-electron chi connectivity index (χ4n) is 1.66. The van der Waals surface area contributed by atoms with Crippen molar-refractivity contribution < 1.29 is 9.22 Å². The number of thiophene rings is 1. The number of aldehydes is 1. The Bertz CT molecular complexity index is 366. The Hall–Kier alpha value is -0.453. The number of carbonyl (C=O) groups is 1. The summed E-state index contributed by atoms with van der Waals surface area (Å²) in [5.41, 5.74) is 1.35. The van der Waals surface area contributed by atoms with Crippen molar-refractivity contribution in [3.8, 4) is 0 Å². The molecule has 1 unspecified atom stereocenters. The van der Waals surface area contributed by atoms with Crippen LogP contribution in [0.1, 0.15) is 36.0 Å². The quantitative estimate of drug-likeness (QED) is 0.604. The van der Waals surface area contributed by atoms with Crippen LogP contribution in [0, 0.1) is 5.41 Å². The molecule has 0 spiro atoms. The second kappa shape index (κ2) is 5.93. The third-order valence-corrected chi connectivity index (χ3v) is 4.39. The van der Waals surface area contributed by atoms with Gasteiger partial charge in [-0.25, -0.2) is 0 Å². The molecule has 1 heterocycles. The molecule has 0 aliphatic heterocycles. The van der Waals surface area contributed by atoms with Gasteiger partial charge < -0.3 is 4.43 Å². The van der Waals surface area contributed by atoms with Gasteiger partial charge in [-0.05, 0) is 41.9 Å². The van der Waals surface area contributed by atoms with Crippen LogP contribution < -0.4 is 0 Å². The molecular weight excluding hydrogens is 248 g/mol. The Morgan fingerprint density at radius 1 is 1.47 bits per heavy atom. The van der Waals surface area contributed by atoms with Crippen LogP contribution in [0.2, 0.25) is 13.1 Å². The third-order valence-electron chi connectivity index (χ3n) is 2.61. The fraction of sp³-hybridized carbons (Fsp3) is 0.615. The molecule has 0 saturated heterocycles. The van der Waals surface area contributed by atoms with Crippen molar-refractivity contribution in [1.29, 1.82) is 0 Å². The summed E-state index contributed by atoms with van der Waals surface area (Å²) in [5, 5.41) is 2.06. The SMILES string of the molecule is C[SiH](C)OC(Cc1csc(C=O)c1)C(C)(C)C. The highest BCUT2D eigenvalue weighted by Crippen LogP contribution is 2.27. The molecule has 0 bridgehead atoms. The minimum absolute atomic E-state index is 0.139. The lowest BCUT2D eigenvalue weighted by Gasteiger charge is -2.32. The van der Waals surface area contributed by atoms with Gasteiger partial charge in [0.2, 0.25) is 0 Å². The van der Waals surface area contributed by atoms with Gasteiger partial charge in [0.25, 0.3) is 0 Å². The van der Waals surface area contributed by atoms with Crippen LogP contribution in [0.25, 0.3) is 0 Å². The van der Waals surface area contributed by atoms with Crippen LogP contribution in [-0.4, -0.2) is 21.4 Å². The van der Waals surface area contributed by atoms with E-state index in [1.165, 1.54) is 16.9 Å². The van der Waals surface area contributed by atoms with Crippen LogP contribution in [0.3, 0.4) is 0 Å². The smallest absolute Gasteiger partial charge is 0.171 e. The Labute approximate surface area is 110 Å². The van der Waals surface area contributed by atoms with E-state index in [2.05, 4.69) is 39.2 Å². The topological polar surface area (TPSA) is 26.3 Å². The molecule has 0 saturated carbocycles. The summed E-state index contributed by atoms with van der Waals surface area (Å²) in [6, 6.07) is 1.97. The number of carbonyl (C=O) groups excluding carboxylic acids is 1. The summed E-state index contributed by atoms with van der Waals surface area (Å²) in [7, 11) is -1.04. The lowest BCUT2D eigenvalue weighted by Crippen LogP contribution is -2.34. The van der Waals surface area contributed by atoms with E-state index in [1.54, 1.807) is 0 Å². The lowest BCUT2D eigenvalue weighted by molar-refractivity contribution is 0.0868. The van der Waals surface area contributed by atoms with Crippen LogP contribution >= 0.6 is 11.3 Å². The van der Waals surface area contributed by atoms with E-state index in [0.717, 1.165) is 17.6 Å². The molecule has 1 aromatic rings. The molecule has 0 N–H and O–H groups in total. The maximum absolute atomic E-state index is 10.7. The van der Waals surface area contributed by atoms with E-state index < -0.39 is 9.04 Å². The van der Waals surface area contributed by atoms with E-state index in [-0.39, 0.29) is 11.5 Å². The second-order valence-corrected chi connectivity index (χ2v) is 9.03. The molecule has 0 aliphatic rings. The predicted molar refractivity (Wildman–Crippen MR) is 76.6 cm³/mol. The maximum Gasteiger partial charge on any atom is 0.171 e. The summed E-state index contributed by atoms with van der Waals surface area (Å²) < 4.78 is 6.12. The van der Waals surface area contributed by atoms with Crippen LogP contribution in [0.5, 0.6) is 0 Å². The molecule has 2 nitrogen and oxygen atoms in total. The first-order chi connectivity index (χ1) is 7.82. The summed E-state index contributed by atoms with van der Waals surface area (Å²) in [4.78, 5) is 11.5. The zero-order chi connectivity index (χ0) is 13.1. The third kappa shape index (κ3) is 4.74. The van der Waals surface area contributed by atoms with Crippen LogP contribution in [0.15, 0.2) is 11.4 Å². The molecule has 17 heavy (non-hydrogen) atoms. The molecule has 0 amide bonds. The van der Waals surface area contributed by atoms with E-state index >= 15 is 0 Å². The standard InChI is InChI=1S/C13H22O2SSi/c1-13(2,3)12(15-17(4)5)7-10-6-11(8-14)16-9-10/h6,8-9,12,17H,7H2,1-5H3. The molecule has 0 aliphatic carbocycles. The molecule has 1 atom stereocenters. The van der Waals surface area contributed by atoms with Crippen molar-refractivity contribution in [3.63, 3.8) is 0 Å². The Kier molecular flexibility index (Phi) is 5.10. The molecular formula is C13H22O2SSi. The van der Waals surface area contributed by atoms with Gasteiger partial charge in [0.15, 0.2) is 15.3 Å². The average Bonchev–Trinajstić information content (AvgIpc) is 2.62. The average molecular weight is 270 g/mol. The Morgan fingerprint density at radius 3 is 2.53 bits per heavy atom. The van der Waals surface area contributed by atoms with Gasteiger partial charge in [-0.15, -0.1) is 11.3 Å². The highest BCUT2D eigenvalue weighted by molar-refractivity contribution is 7.11. The van der Waals surface area contributed by atoms with Gasteiger partial charge in [-0.2, -0.15) is 0 Å². The molecule has 1 aromatic heterocycles. The summed E-state index contributed by atoms with van der Waals surface area (Å²) in [6.45, 7) is 11.0. The summed E-state index contributed by atoms with van der Waals surface area (Å²) in [6.07, 6.45) is 2.06. The van der Waals surface area contributed by atoms with E-state index in [9.17, 15) is 4.79 Å². The first-order valence-corrected chi connectivity index (χ1v) is 9.67. The fourth-order valence-corrected chi connectivity index (χ4v) is 3.55. The molecule has 0 fully saturated rings. The van der Waals surface area contributed by atoms with Crippen molar-refractivity contribution in [2.24, 2.45) is 5.41 Å². The molecule has 1 rings (SSSR count). The maximum atomic E-state index is 10.7. The monoisotopic (exact) mass is 270 g/mol. The van der Waals surface area contributed by atoms with Crippen LogP contribution in [0.4, 0.5) is 0 Å². The highest BCUT2D eigenvalue weighted by atomic mass is 32.1. The predicted octanol–water partition coefficient (Wildman–Crippen LogP) is 3.52. The minimum atomic E-state index is -1.04. The zero-order valence-corrected chi connectivity index (χ0v) is 13.3. The van der Waals surface area contributed by atoms with E-state index in [0.29, 0.717) is 0 Å². The van der Waals surface area contributed by atoms with Crippen LogP contribution in [-0.2, 0) is 10.8 Å². The molecule has 4 heteroatoms. The largest absolute Gasteiger partial charge is 0.417 e. The van der Waals surface area contributed by atoms with Gasteiger partial charge in [-0.3, -0.25) is 4.79 Å². The van der Waals surface area contributed by atoms with Gasteiger partial charge in [-0.1, -0.05) is 20.8 Å². The number of hydrogen-bond donors (Lipinski definition) is 0. The van der Waals surface area contributed by atoms with E-state index in [1.807, 2.05) is 6.07 Å². The lowest BCUT2D eigenvalue weighted by atomic mass is 9.86. The zero-order valence-electron chi connectivity index (χ0n) is 11.3. The van der Waals surface area contributed by atoms with Crippen molar-refractivity contribution in [2.75, 3.05) is 0 Å². The van der Waals surface area contributed by atoms with Gasteiger partial charge >= 0.3 is 0 Å². The molecule has 0 aromatic carbocycles. The van der Waals surface area contributed by atoms with Crippen molar-refractivity contribution in [1.82, 2.24) is 0 Å². The second-order valence-electron chi connectivity index (χ2n) is 5.72. The van der Waals surface area contributed by atoms with Crippen molar-refractivity contribution in [2.45, 2.75) is 46.4 Å². The Balaban J connectivity index is 2.75. The number of rotatable bonds is 5.